The van der Waals surface area contributed by atoms with Crippen LogP contribution in [-0.4, -0.2) is 60.1 Å². The van der Waals surface area contributed by atoms with Crippen molar-refractivity contribution in [2.24, 2.45) is 11.8 Å². The van der Waals surface area contributed by atoms with E-state index >= 15 is 0 Å². The Morgan fingerprint density at radius 1 is 1.08 bits per heavy atom. The van der Waals surface area contributed by atoms with Gasteiger partial charge in [0.15, 0.2) is 0 Å². The Kier molecular flexibility index (Phi) is 7.23. The van der Waals surface area contributed by atoms with Gasteiger partial charge in [-0.15, -0.1) is 0 Å². The van der Waals surface area contributed by atoms with Crippen molar-refractivity contribution >= 4 is 23.4 Å². The second-order valence-electron chi connectivity index (χ2n) is 11.7. The molecule has 0 radical (unpaired) electrons. The molecule has 0 aromatic heterocycles. The van der Waals surface area contributed by atoms with Crippen molar-refractivity contribution in [2.75, 3.05) is 19.0 Å². The fourth-order valence-corrected chi connectivity index (χ4v) is 7.33. The minimum absolute atomic E-state index is 0.122. The highest BCUT2D eigenvalue weighted by Gasteiger charge is 2.72. The molecular formula is C31H39N3O5. The number of rotatable bonds is 8. The second kappa shape index (κ2) is 10.8. The Morgan fingerprint density at radius 2 is 1.87 bits per heavy atom. The van der Waals surface area contributed by atoms with Crippen molar-refractivity contribution in [1.82, 2.24) is 10.2 Å². The third-order valence-electron chi connectivity index (χ3n) is 9.29. The summed E-state index contributed by atoms with van der Waals surface area (Å²) >= 11 is 0. The first-order chi connectivity index (χ1) is 19.0. The molecule has 3 fully saturated rings. The quantitative estimate of drug-likeness (QED) is 0.490. The maximum absolute atomic E-state index is 14.1. The normalized spacial score (nSPS) is 31.7. The van der Waals surface area contributed by atoms with Crippen molar-refractivity contribution in [1.29, 1.82) is 0 Å². The van der Waals surface area contributed by atoms with Gasteiger partial charge in [-0.2, -0.15) is 0 Å². The number of allylic oxidation sites excluding steroid dienone is 1. The number of hydrogen-bond donors (Lipinski definition) is 2. The molecule has 8 nitrogen and oxygen atoms in total. The van der Waals surface area contributed by atoms with Crippen LogP contribution in [0.5, 0.6) is 5.75 Å². The predicted molar refractivity (Wildman–Crippen MR) is 147 cm³/mol. The molecule has 2 bridgehead atoms. The lowest BCUT2D eigenvalue weighted by atomic mass is 9.74. The number of carbonyl (C=O) groups is 3. The predicted octanol–water partition coefficient (Wildman–Crippen LogP) is 4.12. The van der Waals surface area contributed by atoms with Crippen LogP contribution in [0.3, 0.4) is 0 Å². The molecule has 3 heterocycles. The van der Waals surface area contributed by atoms with E-state index in [4.69, 9.17) is 9.47 Å². The Bertz CT molecular complexity index is 1170. The molecule has 0 unspecified atom stereocenters. The molecule has 3 aliphatic heterocycles. The van der Waals surface area contributed by atoms with Crippen molar-refractivity contribution in [3.05, 3.63) is 48.1 Å². The standard InChI is InChI=1S/C31H39N3O5/c1-38-23-14-12-22(13-15-23)32-28(35)25-24-16-18-31(39-24)26(25)30(37)34(19-17-20-8-4-2-5-9-20)27(31)29(36)33-21-10-6-3-7-11-21/h8,12-16,18,21,24-27H,2-7,9-11,17,19H2,1H3,(H,32,35)(H,33,36)/t24-,25+,26-,27+,31-/m0/s1. The lowest BCUT2D eigenvalue weighted by molar-refractivity contribution is -0.141. The maximum atomic E-state index is 14.1. The molecule has 5 atom stereocenters. The fraction of sp³-hybridized carbons (Fsp3) is 0.581. The van der Waals surface area contributed by atoms with Crippen molar-refractivity contribution < 1.29 is 23.9 Å². The molecule has 1 aromatic carbocycles. The lowest BCUT2D eigenvalue weighted by Gasteiger charge is -2.34. The summed E-state index contributed by atoms with van der Waals surface area (Å²) in [4.78, 5) is 43.4. The third-order valence-corrected chi connectivity index (χ3v) is 9.29. The number of methoxy groups -OCH3 is 1. The largest absolute Gasteiger partial charge is 0.497 e. The Morgan fingerprint density at radius 3 is 2.59 bits per heavy atom. The Balaban J connectivity index is 1.26. The van der Waals surface area contributed by atoms with Gasteiger partial charge in [0.1, 0.15) is 17.4 Å². The minimum atomic E-state index is -1.12. The lowest BCUT2D eigenvalue weighted by Crippen LogP contribution is -2.56. The number of likely N-dealkylation sites (tertiary alicyclic amines) is 1. The van der Waals surface area contributed by atoms with E-state index in [0.29, 0.717) is 18.0 Å². The zero-order valence-corrected chi connectivity index (χ0v) is 22.7. The average Bonchev–Trinajstić information content (AvgIpc) is 3.60. The number of benzene rings is 1. The van der Waals surface area contributed by atoms with E-state index in [2.05, 4.69) is 16.7 Å². The number of hydrogen-bond acceptors (Lipinski definition) is 5. The zero-order valence-electron chi connectivity index (χ0n) is 22.7. The van der Waals surface area contributed by atoms with Crippen molar-refractivity contribution in [2.45, 2.75) is 88.0 Å². The Labute approximate surface area is 230 Å². The highest BCUT2D eigenvalue weighted by Crippen LogP contribution is 2.55. The molecule has 1 saturated carbocycles. The molecule has 2 aliphatic carbocycles. The molecule has 6 rings (SSSR count). The molecule has 2 saturated heterocycles. The van der Waals surface area contributed by atoms with Crippen LogP contribution in [0.1, 0.15) is 64.2 Å². The van der Waals surface area contributed by atoms with E-state index in [9.17, 15) is 14.4 Å². The zero-order chi connectivity index (χ0) is 27.0. The number of nitrogens with one attached hydrogen (secondary N) is 2. The summed E-state index contributed by atoms with van der Waals surface area (Å²) in [6.45, 7) is 0.459. The van der Waals surface area contributed by atoms with Crippen LogP contribution >= 0.6 is 0 Å². The van der Waals surface area contributed by atoms with Gasteiger partial charge in [0, 0.05) is 18.3 Å². The molecule has 39 heavy (non-hydrogen) atoms. The summed E-state index contributed by atoms with van der Waals surface area (Å²) in [6, 6.07) is 6.46. The SMILES string of the molecule is COc1ccc(NC(=O)[C@@H]2[C@@H]3C=C[C@]4(O3)[C@@H]2C(=O)N(CCC2=CCCCC2)[C@@H]4C(=O)NC2CCCCC2)cc1. The molecule has 1 aromatic rings. The summed E-state index contributed by atoms with van der Waals surface area (Å²) in [6.07, 6.45) is 16.1. The third kappa shape index (κ3) is 4.77. The van der Waals surface area contributed by atoms with Crippen molar-refractivity contribution in [3.63, 3.8) is 0 Å². The van der Waals surface area contributed by atoms with E-state index in [1.165, 1.54) is 24.8 Å². The van der Waals surface area contributed by atoms with Crippen LogP contribution in [-0.2, 0) is 19.1 Å². The van der Waals surface area contributed by atoms with Gasteiger partial charge in [0.25, 0.3) is 0 Å². The fourth-order valence-electron chi connectivity index (χ4n) is 7.33. The number of amides is 3. The van der Waals surface area contributed by atoms with Gasteiger partial charge in [-0.1, -0.05) is 43.1 Å². The molecule has 8 heteroatoms. The van der Waals surface area contributed by atoms with E-state index in [0.717, 1.165) is 44.9 Å². The first-order valence-electron chi connectivity index (χ1n) is 14.6. The Hall–Kier alpha value is -3.13. The second-order valence-corrected chi connectivity index (χ2v) is 11.7. The molecular weight excluding hydrogens is 494 g/mol. The first-order valence-corrected chi connectivity index (χ1v) is 14.6. The first kappa shape index (κ1) is 26.1. The molecule has 208 valence electrons. The summed E-state index contributed by atoms with van der Waals surface area (Å²) in [5.41, 5.74) is 0.855. The van der Waals surface area contributed by atoms with Gasteiger partial charge >= 0.3 is 0 Å². The number of fused-ring (bicyclic) bond motifs is 1. The van der Waals surface area contributed by atoms with Gasteiger partial charge in [-0.25, -0.2) is 0 Å². The number of anilines is 1. The average molecular weight is 534 g/mol. The van der Waals surface area contributed by atoms with Gasteiger partial charge in [0.05, 0.1) is 25.0 Å². The van der Waals surface area contributed by atoms with E-state index in [-0.39, 0.29) is 23.8 Å². The smallest absolute Gasteiger partial charge is 0.246 e. The van der Waals surface area contributed by atoms with Gasteiger partial charge in [-0.05, 0) is 69.2 Å². The van der Waals surface area contributed by atoms with Crippen molar-refractivity contribution in [3.8, 4) is 5.75 Å². The minimum Gasteiger partial charge on any atom is -0.497 e. The van der Waals surface area contributed by atoms with Crippen LogP contribution in [0, 0.1) is 11.8 Å². The number of nitrogens with zero attached hydrogens (tertiary/aromatic N) is 1. The number of ether oxygens (including phenoxy) is 2. The topological polar surface area (TPSA) is 97.0 Å². The monoisotopic (exact) mass is 533 g/mol. The van der Waals surface area contributed by atoms with Crippen LogP contribution in [0.2, 0.25) is 0 Å². The van der Waals surface area contributed by atoms with Gasteiger partial charge < -0.3 is 25.0 Å². The van der Waals surface area contributed by atoms with Gasteiger partial charge in [-0.3, -0.25) is 14.4 Å². The molecule has 2 N–H and O–H groups in total. The summed E-state index contributed by atoms with van der Waals surface area (Å²) < 4.78 is 11.7. The van der Waals surface area contributed by atoms with Crippen LogP contribution in [0.25, 0.3) is 0 Å². The number of carbonyl (C=O) groups excluding carboxylic acids is 3. The summed E-state index contributed by atoms with van der Waals surface area (Å²) in [5.74, 6) is -1.31. The van der Waals surface area contributed by atoms with E-state index in [1.807, 2.05) is 12.2 Å². The highest BCUT2D eigenvalue weighted by molar-refractivity contribution is 6.02. The van der Waals surface area contributed by atoms with Gasteiger partial charge in [0.2, 0.25) is 17.7 Å². The highest BCUT2D eigenvalue weighted by atomic mass is 16.5. The van der Waals surface area contributed by atoms with Crippen LogP contribution in [0.15, 0.2) is 48.1 Å². The summed E-state index contributed by atoms with van der Waals surface area (Å²) in [5, 5.41) is 6.23. The van der Waals surface area contributed by atoms with Crippen LogP contribution in [0.4, 0.5) is 5.69 Å². The molecule has 3 amide bonds. The van der Waals surface area contributed by atoms with E-state index < -0.39 is 29.6 Å². The molecule has 1 spiro atoms. The maximum Gasteiger partial charge on any atom is 0.246 e. The van der Waals surface area contributed by atoms with Crippen LogP contribution < -0.4 is 15.4 Å². The summed E-state index contributed by atoms with van der Waals surface area (Å²) in [7, 11) is 1.59. The molecule has 5 aliphatic rings. The van der Waals surface area contributed by atoms with E-state index in [1.54, 1.807) is 36.3 Å².